The summed E-state index contributed by atoms with van der Waals surface area (Å²) in [6, 6.07) is -0.120. The average Bonchev–Trinajstić information content (AvgIpc) is 3.02. The zero-order valence-electron chi connectivity index (χ0n) is 13.5. The molecule has 2 aromatic rings. The van der Waals surface area contributed by atoms with Gasteiger partial charge in [0, 0.05) is 28.2 Å². The number of fused-ring (bicyclic) bond motifs is 1. The van der Waals surface area contributed by atoms with Gasteiger partial charge in [-0.15, -0.1) is 11.3 Å². The largest absolute Gasteiger partial charge is 0.396 e. The van der Waals surface area contributed by atoms with E-state index < -0.39 is 5.91 Å². The number of aliphatic hydroxyl groups excluding tert-OH is 1. The van der Waals surface area contributed by atoms with E-state index in [1.807, 2.05) is 20.8 Å². The minimum atomic E-state index is -0.410. The molecule has 2 atom stereocenters. The maximum absolute atomic E-state index is 12.6. The minimum absolute atomic E-state index is 0.0248. The minimum Gasteiger partial charge on any atom is -0.396 e. The van der Waals surface area contributed by atoms with E-state index in [4.69, 9.17) is 0 Å². The van der Waals surface area contributed by atoms with Crippen molar-refractivity contribution in [3.63, 3.8) is 0 Å². The van der Waals surface area contributed by atoms with Gasteiger partial charge < -0.3 is 10.4 Å². The van der Waals surface area contributed by atoms with Crippen molar-refractivity contribution in [2.45, 2.75) is 46.1 Å². The Morgan fingerprint density at radius 2 is 2.30 bits per heavy atom. The standard InChI is InChI=1S/C16H21N3O3S/c1-9-10(2)23-15-17-7-11(14(22)19(9)15)13(21)18-12-5-4-6-16(12,3)8-20/h7,12,20H,4-6,8H2,1-3H3,(H,18,21)/t12-,16+/m0/s1. The molecular weight excluding hydrogens is 314 g/mol. The van der Waals surface area contributed by atoms with E-state index >= 15 is 0 Å². The second-order valence-corrected chi connectivity index (χ2v) is 7.75. The molecule has 7 heteroatoms. The highest BCUT2D eigenvalue weighted by atomic mass is 32.1. The monoisotopic (exact) mass is 335 g/mol. The van der Waals surface area contributed by atoms with Crippen LogP contribution in [0.5, 0.6) is 0 Å². The van der Waals surface area contributed by atoms with Crippen molar-refractivity contribution in [1.82, 2.24) is 14.7 Å². The van der Waals surface area contributed by atoms with Gasteiger partial charge in [-0.2, -0.15) is 0 Å². The maximum Gasteiger partial charge on any atom is 0.271 e. The summed E-state index contributed by atoms with van der Waals surface area (Å²) in [6.07, 6.45) is 4.00. The Bertz CT molecular complexity index is 826. The molecule has 1 aliphatic carbocycles. The molecule has 0 bridgehead atoms. The summed E-state index contributed by atoms with van der Waals surface area (Å²) in [7, 11) is 0. The second kappa shape index (κ2) is 5.72. The van der Waals surface area contributed by atoms with Gasteiger partial charge in [-0.1, -0.05) is 13.3 Å². The number of thiazole rings is 1. The lowest BCUT2D eigenvalue weighted by Crippen LogP contribution is -2.46. The third-order valence-electron chi connectivity index (χ3n) is 5.01. The predicted octanol–water partition coefficient (Wildman–Crippen LogP) is 1.65. The number of hydrogen-bond acceptors (Lipinski definition) is 5. The zero-order valence-corrected chi connectivity index (χ0v) is 14.4. The van der Waals surface area contributed by atoms with E-state index in [1.165, 1.54) is 21.9 Å². The molecule has 0 radical (unpaired) electrons. The van der Waals surface area contributed by atoms with Crippen LogP contribution in [0.15, 0.2) is 11.0 Å². The number of nitrogens with zero attached hydrogens (tertiary/aromatic N) is 2. The summed E-state index contributed by atoms with van der Waals surface area (Å²) >= 11 is 1.44. The Kier molecular flexibility index (Phi) is 4.01. The van der Waals surface area contributed by atoms with E-state index in [1.54, 1.807) is 0 Å². The maximum atomic E-state index is 12.6. The first-order valence-electron chi connectivity index (χ1n) is 7.77. The van der Waals surface area contributed by atoms with Crippen LogP contribution in [0.4, 0.5) is 0 Å². The summed E-state index contributed by atoms with van der Waals surface area (Å²) in [5, 5.41) is 12.5. The number of hydrogen-bond donors (Lipinski definition) is 2. The van der Waals surface area contributed by atoms with Gasteiger partial charge in [0.2, 0.25) is 0 Å². The number of aryl methyl sites for hydroxylation is 2. The summed E-state index contributed by atoms with van der Waals surface area (Å²) in [5.41, 5.74) is 0.213. The molecule has 0 unspecified atom stereocenters. The first-order valence-corrected chi connectivity index (χ1v) is 8.58. The summed E-state index contributed by atoms with van der Waals surface area (Å²) in [5.74, 6) is -0.410. The summed E-state index contributed by atoms with van der Waals surface area (Å²) in [4.78, 5) is 31.0. The Balaban J connectivity index is 1.94. The van der Waals surface area contributed by atoms with Gasteiger partial charge in [0.25, 0.3) is 11.5 Å². The SMILES string of the molecule is Cc1sc2ncc(C(=O)N[C@H]3CCC[C@]3(C)CO)c(=O)n2c1C. The molecule has 0 aromatic carbocycles. The number of rotatable bonds is 3. The van der Waals surface area contributed by atoms with Crippen molar-refractivity contribution in [2.24, 2.45) is 5.41 Å². The van der Waals surface area contributed by atoms with Crippen molar-refractivity contribution in [1.29, 1.82) is 0 Å². The van der Waals surface area contributed by atoms with Crippen LogP contribution in [0.2, 0.25) is 0 Å². The van der Waals surface area contributed by atoms with Crippen LogP contribution in [0.1, 0.15) is 47.1 Å². The Morgan fingerprint density at radius 1 is 1.57 bits per heavy atom. The quantitative estimate of drug-likeness (QED) is 0.893. The van der Waals surface area contributed by atoms with Crippen LogP contribution in [0.3, 0.4) is 0 Å². The predicted molar refractivity (Wildman–Crippen MR) is 89.1 cm³/mol. The van der Waals surface area contributed by atoms with E-state index in [2.05, 4.69) is 10.3 Å². The average molecular weight is 335 g/mol. The lowest BCUT2D eigenvalue weighted by Gasteiger charge is -2.29. The van der Waals surface area contributed by atoms with Crippen molar-refractivity contribution >= 4 is 22.2 Å². The fourth-order valence-electron chi connectivity index (χ4n) is 3.24. The molecule has 23 heavy (non-hydrogen) atoms. The fraction of sp³-hybridized carbons (Fsp3) is 0.562. The molecule has 2 N–H and O–H groups in total. The smallest absolute Gasteiger partial charge is 0.271 e. The molecule has 6 nitrogen and oxygen atoms in total. The lowest BCUT2D eigenvalue weighted by atomic mass is 9.85. The number of nitrogens with one attached hydrogen (secondary N) is 1. The van der Waals surface area contributed by atoms with Crippen LogP contribution >= 0.6 is 11.3 Å². The molecule has 1 aliphatic rings. The van der Waals surface area contributed by atoms with Gasteiger partial charge >= 0.3 is 0 Å². The van der Waals surface area contributed by atoms with E-state index in [9.17, 15) is 14.7 Å². The second-order valence-electron chi connectivity index (χ2n) is 6.57. The van der Waals surface area contributed by atoms with Gasteiger partial charge in [-0.25, -0.2) is 4.98 Å². The topological polar surface area (TPSA) is 83.7 Å². The number of aliphatic hydroxyl groups is 1. The van der Waals surface area contributed by atoms with Crippen LogP contribution in [-0.2, 0) is 0 Å². The molecule has 2 aromatic heterocycles. The molecule has 0 saturated heterocycles. The number of amides is 1. The third-order valence-corrected chi connectivity index (χ3v) is 6.08. The molecule has 124 valence electrons. The van der Waals surface area contributed by atoms with Crippen LogP contribution in [0, 0.1) is 19.3 Å². The van der Waals surface area contributed by atoms with Crippen LogP contribution in [0.25, 0.3) is 4.96 Å². The zero-order chi connectivity index (χ0) is 16.8. The normalized spacial score (nSPS) is 24.3. The first kappa shape index (κ1) is 16.1. The lowest BCUT2D eigenvalue weighted by molar-refractivity contribution is 0.0828. The van der Waals surface area contributed by atoms with Crippen molar-refractivity contribution in [3.05, 3.63) is 32.7 Å². The van der Waals surface area contributed by atoms with Gasteiger partial charge in [0.15, 0.2) is 4.96 Å². The molecule has 0 aliphatic heterocycles. The molecule has 2 heterocycles. The molecule has 1 saturated carbocycles. The Hall–Kier alpha value is -1.73. The summed E-state index contributed by atoms with van der Waals surface area (Å²) < 4.78 is 1.49. The van der Waals surface area contributed by atoms with Crippen molar-refractivity contribution < 1.29 is 9.90 Å². The van der Waals surface area contributed by atoms with E-state index in [0.29, 0.717) is 4.96 Å². The van der Waals surface area contributed by atoms with Gasteiger partial charge in [0.05, 0.1) is 6.61 Å². The van der Waals surface area contributed by atoms with Crippen molar-refractivity contribution in [3.8, 4) is 0 Å². The third kappa shape index (κ3) is 2.57. The summed E-state index contributed by atoms with van der Waals surface area (Å²) in [6.45, 7) is 5.77. The number of aromatic nitrogens is 2. The van der Waals surface area contributed by atoms with Crippen molar-refractivity contribution in [2.75, 3.05) is 6.61 Å². The first-order chi connectivity index (χ1) is 10.9. The van der Waals surface area contributed by atoms with E-state index in [0.717, 1.165) is 29.8 Å². The van der Waals surface area contributed by atoms with Gasteiger partial charge in [-0.3, -0.25) is 14.0 Å². The highest BCUT2D eigenvalue weighted by Crippen LogP contribution is 2.37. The molecule has 1 amide bonds. The Morgan fingerprint density at radius 3 is 3.00 bits per heavy atom. The molecule has 1 fully saturated rings. The number of carbonyl (C=O) groups excluding carboxylic acids is 1. The fourth-order valence-corrected chi connectivity index (χ4v) is 4.17. The molecule has 0 spiro atoms. The highest BCUT2D eigenvalue weighted by molar-refractivity contribution is 7.17. The number of carbonyl (C=O) groups is 1. The molecular formula is C16H21N3O3S. The molecule has 3 rings (SSSR count). The van der Waals surface area contributed by atoms with Gasteiger partial charge in [-0.05, 0) is 26.7 Å². The highest BCUT2D eigenvalue weighted by Gasteiger charge is 2.39. The van der Waals surface area contributed by atoms with E-state index in [-0.39, 0.29) is 29.2 Å². The van der Waals surface area contributed by atoms with Crippen LogP contribution < -0.4 is 10.9 Å². The Labute approximate surface area is 138 Å². The van der Waals surface area contributed by atoms with Gasteiger partial charge in [0.1, 0.15) is 5.56 Å². The van der Waals surface area contributed by atoms with Crippen LogP contribution in [-0.4, -0.2) is 33.0 Å².